The molecule has 8 nitrogen and oxygen atoms in total. The standard InChI is InChI=1S/C16H20N8S2/c1-3-9-18-15-23-24-16(26-15)25-10(2)12-20-13(17)22-14(21-12)19-11-7-5-4-6-8-11/h4-8,10H,3,9H2,1-2H3,(H,18,23)(H3,17,19,20,21,22). The minimum absolute atomic E-state index is 0.0383. The lowest BCUT2D eigenvalue weighted by Gasteiger charge is -2.10. The number of rotatable bonds is 8. The van der Waals surface area contributed by atoms with E-state index >= 15 is 0 Å². The summed E-state index contributed by atoms with van der Waals surface area (Å²) in [4.78, 5) is 12.9. The van der Waals surface area contributed by atoms with Crippen molar-refractivity contribution in [1.82, 2.24) is 25.1 Å². The van der Waals surface area contributed by atoms with Crippen LogP contribution in [0.25, 0.3) is 0 Å². The second-order valence-corrected chi connectivity index (χ2v) is 7.99. The van der Waals surface area contributed by atoms with Gasteiger partial charge in [0.25, 0.3) is 0 Å². The summed E-state index contributed by atoms with van der Waals surface area (Å²) in [6.07, 6.45) is 1.04. The van der Waals surface area contributed by atoms with E-state index in [0.717, 1.165) is 28.1 Å². The van der Waals surface area contributed by atoms with Gasteiger partial charge in [-0.2, -0.15) is 15.0 Å². The van der Waals surface area contributed by atoms with Gasteiger partial charge < -0.3 is 16.4 Å². The third kappa shape index (κ3) is 5.02. The van der Waals surface area contributed by atoms with Crippen LogP contribution in [-0.4, -0.2) is 31.7 Å². The first-order valence-electron chi connectivity index (χ1n) is 8.21. The Morgan fingerprint density at radius 2 is 1.96 bits per heavy atom. The molecule has 0 bridgehead atoms. The van der Waals surface area contributed by atoms with Crippen LogP contribution in [0.3, 0.4) is 0 Å². The van der Waals surface area contributed by atoms with Gasteiger partial charge in [0.2, 0.25) is 17.0 Å². The molecular formula is C16H20N8S2. The summed E-state index contributed by atoms with van der Waals surface area (Å²) in [7, 11) is 0. The molecule has 3 rings (SSSR count). The molecule has 0 fully saturated rings. The third-order valence-electron chi connectivity index (χ3n) is 3.27. The summed E-state index contributed by atoms with van der Waals surface area (Å²) in [5.41, 5.74) is 6.75. The van der Waals surface area contributed by atoms with Gasteiger partial charge in [0.05, 0.1) is 5.25 Å². The fraction of sp³-hybridized carbons (Fsp3) is 0.312. The number of aromatic nitrogens is 5. The maximum atomic E-state index is 5.86. The Morgan fingerprint density at radius 1 is 1.15 bits per heavy atom. The third-order valence-corrected chi connectivity index (χ3v) is 5.34. The number of nitrogens with two attached hydrogens (primary N) is 1. The highest BCUT2D eigenvalue weighted by molar-refractivity contribution is 8.01. The topological polar surface area (TPSA) is 115 Å². The van der Waals surface area contributed by atoms with Crippen LogP contribution >= 0.6 is 23.1 Å². The minimum Gasteiger partial charge on any atom is -0.368 e. The highest BCUT2D eigenvalue weighted by Gasteiger charge is 2.16. The van der Waals surface area contributed by atoms with Crippen LogP contribution in [0.15, 0.2) is 34.7 Å². The molecule has 1 unspecified atom stereocenters. The molecule has 0 spiro atoms. The van der Waals surface area contributed by atoms with E-state index in [1.807, 2.05) is 37.3 Å². The quantitative estimate of drug-likeness (QED) is 0.496. The number of nitrogens with one attached hydrogen (secondary N) is 2. The summed E-state index contributed by atoms with van der Waals surface area (Å²) in [6, 6.07) is 9.69. The number of para-hydroxylation sites is 1. The Hall–Kier alpha value is -2.46. The number of thioether (sulfide) groups is 1. The highest BCUT2D eigenvalue weighted by atomic mass is 32.2. The molecule has 136 valence electrons. The van der Waals surface area contributed by atoms with E-state index in [2.05, 4.69) is 42.7 Å². The molecule has 3 aromatic rings. The monoisotopic (exact) mass is 388 g/mol. The van der Waals surface area contributed by atoms with Gasteiger partial charge in [-0.3, -0.25) is 0 Å². The molecule has 26 heavy (non-hydrogen) atoms. The fourth-order valence-corrected chi connectivity index (χ4v) is 4.03. The van der Waals surface area contributed by atoms with E-state index in [1.165, 1.54) is 11.3 Å². The zero-order valence-electron chi connectivity index (χ0n) is 14.5. The molecule has 0 aliphatic heterocycles. The molecule has 2 heterocycles. The number of nitrogens with zero attached hydrogens (tertiary/aromatic N) is 5. The van der Waals surface area contributed by atoms with Gasteiger partial charge in [-0.1, -0.05) is 48.2 Å². The van der Waals surface area contributed by atoms with Crippen molar-refractivity contribution in [2.24, 2.45) is 0 Å². The van der Waals surface area contributed by atoms with Crippen LogP contribution in [0.5, 0.6) is 0 Å². The van der Waals surface area contributed by atoms with Crippen LogP contribution in [0.1, 0.15) is 31.3 Å². The van der Waals surface area contributed by atoms with Crippen molar-refractivity contribution in [3.8, 4) is 0 Å². The first-order chi connectivity index (χ1) is 12.6. The zero-order valence-corrected chi connectivity index (χ0v) is 16.1. The van der Waals surface area contributed by atoms with Crippen molar-refractivity contribution in [3.63, 3.8) is 0 Å². The number of hydrogen-bond donors (Lipinski definition) is 3. The number of anilines is 4. The zero-order chi connectivity index (χ0) is 18.4. The minimum atomic E-state index is -0.0383. The van der Waals surface area contributed by atoms with Gasteiger partial charge in [-0.25, -0.2) is 0 Å². The lowest BCUT2D eigenvalue weighted by atomic mass is 10.3. The van der Waals surface area contributed by atoms with E-state index in [0.29, 0.717) is 11.8 Å². The van der Waals surface area contributed by atoms with Gasteiger partial charge in [-0.15, -0.1) is 10.2 Å². The average Bonchev–Trinajstić information content (AvgIpc) is 3.07. The summed E-state index contributed by atoms with van der Waals surface area (Å²) in [5, 5.41) is 15.5. The largest absolute Gasteiger partial charge is 0.368 e. The first-order valence-corrected chi connectivity index (χ1v) is 9.91. The summed E-state index contributed by atoms with van der Waals surface area (Å²) >= 11 is 3.06. The first kappa shape index (κ1) is 18.3. The Bertz CT molecular complexity index is 839. The van der Waals surface area contributed by atoms with E-state index in [9.17, 15) is 0 Å². The van der Waals surface area contributed by atoms with Crippen molar-refractivity contribution < 1.29 is 0 Å². The van der Waals surface area contributed by atoms with Gasteiger partial charge in [0.1, 0.15) is 5.82 Å². The van der Waals surface area contributed by atoms with Crippen LogP contribution in [-0.2, 0) is 0 Å². The molecule has 0 aliphatic rings. The Morgan fingerprint density at radius 3 is 2.73 bits per heavy atom. The smallest absolute Gasteiger partial charge is 0.232 e. The molecule has 4 N–H and O–H groups in total. The second kappa shape index (κ2) is 8.77. The lowest BCUT2D eigenvalue weighted by Crippen LogP contribution is -2.08. The SMILES string of the molecule is CCCNc1nnc(SC(C)c2nc(N)nc(Nc3ccccc3)n2)s1. The van der Waals surface area contributed by atoms with Gasteiger partial charge in [0.15, 0.2) is 4.34 Å². The van der Waals surface area contributed by atoms with Crippen LogP contribution < -0.4 is 16.4 Å². The summed E-state index contributed by atoms with van der Waals surface area (Å²) < 4.78 is 0.854. The Kier molecular flexibility index (Phi) is 6.18. The molecule has 1 atom stereocenters. The molecular weight excluding hydrogens is 368 g/mol. The predicted octanol–water partition coefficient (Wildman–Crippen LogP) is 3.72. The van der Waals surface area contributed by atoms with Gasteiger partial charge >= 0.3 is 0 Å². The number of nitrogen functional groups attached to an aromatic ring is 1. The van der Waals surface area contributed by atoms with Crippen LogP contribution in [0, 0.1) is 0 Å². The molecule has 0 radical (unpaired) electrons. The van der Waals surface area contributed by atoms with Gasteiger partial charge in [0, 0.05) is 12.2 Å². The van der Waals surface area contributed by atoms with Crippen LogP contribution in [0.4, 0.5) is 22.7 Å². The highest BCUT2D eigenvalue weighted by Crippen LogP contribution is 2.36. The average molecular weight is 389 g/mol. The van der Waals surface area contributed by atoms with E-state index in [4.69, 9.17) is 5.73 Å². The van der Waals surface area contributed by atoms with Crippen molar-refractivity contribution in [3.05, 3.63) is 36.2 Å². The molecule has 0 saturated heterocycles. The normalized spacial score (nSPS) is 11.9. The predicted molar refractivity (Wildman–Crippen MR) is 107 cm³/mol. The maximum Gasteiger partial charge on any atom is 0.232 e. The number of benzene rings is 1. The van der Waals surface area contributed by atoms with Gasteiger partial charge in [-0.05, 0) is 25.5 Å². The molecule has 1 aromatic carbocycles. The molecule has 0 aliphatic carbocycles. The maximum absolute atomic E-state index is 5.86. The molecule has 2 aromatic heterocycles. The lowest BCUT2D eigenvalue weighted by molar-refractivity contribution is 0.892. The van der Waals surface area contributed by atoms with E-state index < -0.39 is 0 Å². The second-order valence-electron chi connectivity index (χ2n) is 5.43. The number of hydrogen-bond acceptors (Lipinski definition) is 10. The molecule has 0 saturated carbocycles. The fourth-order valence-electron chi connectivity index (χ4n) is 2.06. The van der Waals surface area contributed by atoms with E-state index in [1.54, 1.807) is 11.8 Å². The van der Waals surface area contributed by atoms with Crippen molar-refractivity contribution in [1.29, 1.82) is 0 Å². The van der Waals surface area contributed by atoms with Crippen molar-refractivity contribution in [2.75, 3.05) is 22.9 Å². The van der Waals surface area contributed by atoms with Crippen molar-refractivity contribution >= 4 is 45.8 Å². The van der Waals surface area contributed by atoms with Crippen molar-refractivity contribution in [2.45, 2.75) is 29.9 Å². The van der Waals surface area contributed by atoms with E-state index in [-0.39, 0.29) is 11.2 Å². The molecule has 10 heteroatoms. The molecule has 0 amide bonds. The summed E-state index contributed by atoms with van der Waals surface area (Å²) in [5.74, 6) is 1.20. The van der Waals surface area contributed by atoms with Crippen LogP contribution in [0.2, 0.25) is 0 Å². The Labute approximate surface area is 160 Å². The summed E-state index contributed by atoms with van der Waals surface area (Å²) in [6.45, 7) is 5.00. The Balaban J connectivity index is 1.70.